The fourth-order valence-electron chi connectivity index (χ4n) is 3.35. The van der Waals surface area contributed by atoms with Crippen LogP contribution in [-0.4, -0.2) is 23.4 Å². The molecule has 3 aromatic rings. The van der Waals surface area contributed by atoms with Gasteiger partial charge < -0.3 is 10.1 Å². The Morgan fingerprint density at radius 2 is 2.00 bits per heavy atom. The Hall–Kier alpha value is -2.19. The number of ether oxygens (including phenoxy) is 1. The van der Waals surface area contributed by atoms with Crippen molar-refractivity contribution in [2.24, 2.45) is 0 Å². The van der Waals surface area contributed by atoms with Crippen LogP contribution in [-0.2, 0) is 12.6 Å². The van der Waals surface area contributed by atoms with Crippen LogP contribution < -0.4 is 10.1 Å². The number of rotatable bonds is 3. The summed E-state index contributed by atoms with van der Waals surface area (Å²) in [5.74, 6) is 1.14. The largest absolute Gasteiger partial charge is 0.496 e. The Bertz CT molecular complexity index is 1070. The third kappa shape index (κ3) is 3.24. The molecule has 0 spiro atoms. The van der Waals surface area contributed by atoms with Crippen LogP contribution in [0.5, 0.6) is 5.75 Å². The van der Waals surface area contributed by atoms with Gasteiger partial charge in [-0.25, -0.2) is 4.68 Å². The van der Waals surface area contributed by atoms with Crippen molar-refractivity contribution in [3.8, 4) is 22.7 Å². The Morgan fingerprint density at radius 3 is 2.71 bits per heavy atom. The quantitative estimate of drug-likeness (QED) is 0.512. The molecule has 0 saturated carbocycles. The summed E-state index contributed by atoms with van der Waals surface area (Å²) in [4.78, 5) is 0. The molecule has 0 bridgehead atoms. The molecule has 0 atom stereocenters. The van der Waals surface area contributed by atoms with Gasteiger partial charge in [-0.3, -0.25) is 0 Å². The molecule has 2 aromatic carbocycles. The lowest BCUT2D eigenvalue weighted by Crippen LogP contribution is -2.13. The monoisotopic (exact) mass is 471 g/mol. The summed E-state index contributed by atoms with van der Waals surface area (Å²) in [6.07, 6.45) is -3.92. The Balaban J connectivity index is 1.97. The number of halogens is 5. The maximum Gasteiger partial charge on any atom is 0.418 e. The second-order valence-electron chi connectivity index (χ2n) is 6.27. The summed E-state index contributed by atoms with van der Waals surface area (Å²) in [6, 6.07) is 9.14. The van der Waals surface area contributed by atoms with E-state index in [1.807, 2.05) is 12.1 Å². The van der Waals surface area contributed by atoms with E-state index in [-0.39, 0.29) is 10.7 Å². The molecule has 0 unspecified atom stereocenters. The second kappa shape index (κ2) is 7.00. The van der Waals surface area contributed by atoms with Crippen molar-refractivity contribution >= 4 is 33.3 Å². The van der Waals surface area contributed by atoms with Crippen molar-refractivity contribution in [1.82, 2.24) is 9.78 Å². The highest BCUT2D eigenvalue weighted by molar-refractivity contribution is 9.10. The average molecular weight is 473 g/mol. The number of nitrogens with one attached hydrogen (secondary N) is 1. The molecular formula is C19H14BrClF3N3O. The minimum atomic E-state index is -4.56. The van der Waals surface area contributed by atoms with Gasteiger partial charge >= 0.3 is 6.18 Å². The van der Waals surface area contributed by atoms with Crippen molar-refractivity contribution in [2.45, 2.75) is 12.6 Å². The molecule has 0 amide bonds. The normalized spacial score (nSPS) is 13.4. The smallest absolute Gasteiger partial charge is 0.418 e. The summed E-state index contributed by atoms with van der Waals surface area (Å²) in [5, 5.41) is 7.70. The van der Waals surface area contributed by atoms with Crippen LogP contribution in [0.2, 0.25) is 5.02 Å². The van der Waals surface area contributed by atoms with Gasteiger partial charge in [0.25, 0.3) is 0 Å². The van der Waals surface area contributed by atoms with Gasteiger partial charge in [-0.05, 0) is 42.8 Å². The van der Waals surface area contributed by atoms with Crippen LogP contribution in [0.4, 0.5) is 19.0 Å². The van der Waals surface area contributed by atoms with Crippen LogP contribution in [0.3, 0.4) is 0 Å². The van der Waals surface area contributed by atoms with E-state index < -0.39 is 11.7 Å². The Kier molecular flexibility index (Phi) is 4.79. The first-order valence-electron chi connectivity index (χ1n) is 8.36. The third-order valence-corrected chi connectivity index (χ3v) is 5.29. The number of anilines is 1. The molecule has 0 saturated heterocycles. The summed E-state index contributed by atoms with van der Waals surface area (Å²) in [5.41, 5.74) is 1.22. The number of hydrogen-bond acceptors (Lipinski definition) is 3. The van der Waals surface area contributed by atoms with Crippen molar-refractivity contribution in [2.75, 3.05) is 19.0 Å². The molecule has 0 fully saturated rings. The van der Waals surface area contributed by atoms with Gasteiger partial charge in [0, 0.05) is 27.2 Å². The minimum Gasteiger partial charge on any atom is -0.496 e. The standard InChI is InChI=1S/C19H14BrClF3N3O/c1-28-16-5-2-10(20)8-13(16)17-12-6-7-25-18(12)27(26-17)15-4-3-11(21)9-14(15)19(22,23)24/h2-5,8-9,25H,6-7H2,1H3. The molecule has 1 aliphatic heterocycles. The van der Waals surface area contributed by atoms with E-state index in [1.165, 1.54) is 16.8 Å². The zero-order valence-electron chi connectivity index (χ0n) is 14.6. The number of methoxy groups -OCH3 is 1. The molecule has 0 radical (unpaired) electrons. The highest BCUT2D eigenvalue weighted by atomic mass is 79.9. The first-order chi connectivity index (χ1) is 13.3. The second-order valence-corrected chi connectivity index (χ2v) is 7.62. The predicted octanol–water partition coefficient (Wildman–Crippen LogP) is 5.95. The minimum absolute atomic E-state index is 0.0155. The summed E-state index contributed by atoms with van der Waals surface area (Å²) in [7, 11) is 1.54. The number of benzene rings is 2. The number of aromatic nitrogens is 2. The number of alkyl halides is 3. The molecule has 28 heavy (non-hydrogen) atoms. The average Bonchev–Trinajstić information content (AvgIpc) is 3.23. The molecule has 0 aliphatic carbocycles. The molecule has 4 nitrogen and oxygen atoms in total. The molecular weight excluding hydrogens is 459 g/mol. The van der Waals surface area contributed by atoms with Gasteiger partial charge in [0.15, 0.2) is 0 Å². The van der Waals surface area contributed by atoms with E-state index in [0.717, 1.165) is 16.1 Å². The summed E-state index contributed by atoms with van der Waals surface area (Å²) in [6.45, 7) is 0.617. The fraction of sp³-hybridized carbons (Fsp3) is 0.211. The molecule has 1 aliphatic rings. The van der Waals surface area contributed by atoms with Gasteiger partial charge in [0.2, 0.25) is 0 Å². The van der Waals surface area contributed by atoms with Gasteiger partial charge in [-0.2, -0.15) is 18.3 Å². The predicted molar refractivity (Wildman–Crippen MR) is 105 cm³/mol. The lowest BCUT2D eigenvalue weighted by molar-refractivity contribution is -0.137. The van der Waals surface area contributed by atoms with E-state index >= 15 is 0 Å². The van der Waals surface area contributed by atoms with Gasteiger partial charge in [-0.15, -0.1) is 0 Å². The lowest BCUT2D eigenvalue weighted by Gasteiger charge is -2.15. The molecule has 146 valence electrons. The topological polar surface area (TPSA) is 39.1 Å². The molecule has 4 rings (SSSR count). The van der Waals surface area contributed by atoms with Gasteiger partial charge in [0.05, 0.1) is 18.4 Å². The first kappa shape index (κ1) is 19.1. The van der Waals surface area contributed by atoms with Crippen molar-refractivity contribution in [3.05, 3.63) is 57.0 Å². The molecule has 9 heteroatoms. The van der Waals surface area contributed by atoms with Crippen LogP contribution in [0, 0.1) is 0 Å². The number of fused-ring (bicyclic) bond motifs is 1. The Labute approximate surface area is 172 Å². The van der Waals surface area contributed by atoms with Gasteiger partial charge in [0.1, 0.15) is 17.3 Å². The zero-order valence-corrected chi connectivity index (χ0v) is 16.9. The summed E-state index contributed by atoms with van der Waals surface area (Å²) < 4.78 is 48.4. The van der Waals surface area contributed by atoms with Crippen LogP contribution >= 0.6 is 27.5 Å². The maximum absolute atomic E-state index is 13.6. The SMILES string of the molecule is COc1ccc(Br)cc1-c1nn(-c2ccc(Cl)cc2C(F)(F)F)c2c1CCN2. The van der Waals surface area contributed by atoms with Gasteiger partial charge in [-0.1, -0.05) is 27.5 Å². The summed E-state index contributed by atoms with van der Waals surface area (Å²) >= 11 is 9.25. The molecule has 2 heterocycles. The molecule has 1 N–H and O–H groups in total. The van der Waals surface area contributed by atoms with E-state index in [2.05, 4.69) is 26.3 Å². The zero-order chi connectivity index (χ0) is 20.1. The Morgan fingerprint density at radius 1 is 1.21 bits per heavy atom. The van der Waals surface area contributed by atoms with E-state index in [9.17, 15) is 13.2 Å². The third-order valence-electron chi connectivity index (χ3n) is 4.56. The van der Waals surface area contributed by atoms with Crippen LogP contribution in [0.25, 0.3) is 16.9 Å². The molecule has 1 aromatic heterocycles. The lowest BCUT2D eigenvalue weighted by atomic mass is 10.1. The highest BCUT2D eigenvalue weighted by Gasteiger charge is 2.36. The van der Waals surface area contributed by atoms with Crippen LogP contribution in [0.1, 0.15) is 11.1 Å². The van der Waals surface area contributed by atoms with Crippen molar-refractivity contribution < 1.29 is 17.9 Å². The highest BCUT2D eigenvalue weighted by Crippen LogP contribution is 2.42. The van der Waals surface area contributed by atoms with Crippen molar-refractivity contribution in [1.29, 1.82) is 0 Å². The van der Waals surface area contributed by atoms with E-state index in [1.54, 1.807) is 13.2 Å². The van der Waals surface area contributed by atoms with Crippen LogP contribution in [0.15, 0.2) is 40.9 Å². The number of nitrogens with zero attached hydrogens (tertiary/aromatic N) is 2. The van der Waals surface area contributed by atoms with Crippen molar-refractivity contribution in [3.63, 3.8) is 0 Å². The first-order valence-corrected chi connectivity index (χ1v) is 9.53. The number of hydrogen-bond donors (Lipinski definition) is 1. The van der Waals surface area contributed by atoms with E-state index in [4.69, 9.17) is 16.3 Å². The maximum atomic E-state index is 13.6. The fourth-order valence-corrected chi connectivity index (χ4v) is 3.88. The van der Waals surface area contributed by atoms with E-state index in [0.29, 0.717) is 35.8 Å².